The zero-order chi connectivity index (χ0) is 15.5. The Balaban J connectivity index is 1.66. The highest BCUT2D eigenvalue weighted by molar-refractivity contribution is 5.89. The van der Waals surface area contributed by atoms with Crippen molar-refractivity contribution in [1.82, 2.24) is 4.90 Å². The number of carbonyl (C=O) groups excluding carboxylic acids is 1. The quantitative estimate of drug-likeness (QED) is 0.798. The number of piperidine rings is 1. The second kappa shape index (κ2) is 6.61. The summed E-state index contributed by atoms with van der Waals surface area (Å²) in [6.45, 7) is 2.16. The van der Waals surface area contributed by atoms with Crippen molar-refractivity contribution in [2.45, 2.75) is 38.1 Å². The minimum absolute atomic E-state index is 0.252. The highest BCUT2D eigenvalue weighted by Crippen LogP contribution is 2.29. The van der Waals surface area contributed by atoms with Crippen molar-refractivity contribution in [3.8, 4) is 0 Å². The van der Waals surface area contributed by atoms with E-state index in [1.54, 1.807) is 12.1 Å². The van der Waals surface area contributed by atoms with E-state index in [2.05, 4.69) is 9.64 Å². The van der Waals surface area contributed by atoms with Crippen molar-refractivity contribution >= 4 is 12.0 Å². The molecule has 3 rings (SSSR count). The molecule has 1 heterocycles. The summed E-state index contributed by atoms with van der Waals surface area (Å²) in [4.78, 5) is 14.0. The average Bonchev–Trinajstić information content (AvgIpc) is 2.48. The Kier molecular flexibility index (Phi) is 4.57. The van der Waals surface area contributed by atoms with E-state index in [1.807, 2.05) is 6.08 Å². The van der Waals surface area contributed by atoms with E-state index in [0.717, 1.165) is 32.0 Å². The molecule has 3 nitrogen and oxygen atoms in total. The molecule has 1 saturated carbocycles. The smallest absolute Gasteiger partial charge is 0.337 e. The maximum Gasteiger partial charge on any atom is 0.337 e. The zero-order valence-electron chi connectivity index (χ0n) is 13.0. The molecule has 4 heteroatoms. The molecule has 22 heavy (non-hydrogen) atoms. The third-order valence-corrected chi connectivity index (χ3v) is 4.81. The number of ether oxygens (including phenoxy) is 1. The van der Waals surface area contributed by atoms with E-state index in [1.165, 1.54) is 38.0 Å². The Morgan fingerprint density at radius 3 is 2.59 bits per heavy atom. The molecule has 1 aliphatic heterocycles. The van der Waals surface area contributed by atoms with Crippen molar-refractivity contribution < 1.29 is 13.9 Å². The second-order valence-electron chi connectivity index (χ2n) is 6.15. The summed E-state index contributed by atoms with van der Waals surface area (Å²) in [5.74, 6) is -0.872. The van der Waals surface area contributed by atoms with Gasteiger partial charge in [0.25, 0.3) is 0 Å². The van der Waals surface area contributed by atoms with Crippen LogP contribution in [-0.2, 0) is 4.74 Å². The van der Waals surface area contributed by atoms with Crippen LogP contribution < -0.4 is 0 Å². The van der Waals surface area contributed by atoms with Gasteiger partial charge in [-0.05, 0) is 37.8 Å². The Morgan fingerprint density at radius 2 is 2.05 bits per heavy atom. The van der Waals surface area contributed by atoms with Crippen molar-refractivity contribution in [3.05, 3.63) is 40.7 Å². The molecule has 0 radical (unpaired) electrons. The van der Waals surface area contributed by atoms with Gasteiger partial charge >= 0.3 is 5.97 Å². The standard InChI is InChI=1S/C18H22FNO2/c1-22-18(21)15-6-5-14(17(19)12-15)11-13-7-9-20(10-8-13)16-3-2-4-16/h5-6,11-12,16H,2-4,7-10H2,1H3. The van der Waals surface area contributed by atoms with Gasteiger partial charge in [0.15, 0.2) is 0 Å². The number of benzene rings is 1. The first-order chi connectivity index (χ1) is 10.7. The lowest BCUT2D eigenvalue weighted by Gasteiger charge is -2.40. The fourth-order valence-electron chi connectivity index (χ4n) is 3.18. The van der Waals surface area contributed by atoms with Crippen LogP contribution in [-0.4, -0.2) is 37.1 Å². The van der Waals surface area contributed by atoms with Crippen molar-refractivity contribution in [2.75, 3.05) is 20.2 Å². The van der Waals surface area contributed by atoms with Crippen LogP contribution in [0.25, 0.3) is 6.08 Å². The molecule has 0 amide bonds. The number of rotatable bonds is 3. The van der Waals surface area contributed by atoms with Gasteiger partial charge in [-0.15, -0.1) is 0 Å². The SMILES string of the molecule is COC(=O)c1ccc(C=C2CCN(C3CCC3)CC2)c(F)c1. The first-order valence-electron chi connectivity index (χ1n) is 7.99. The molecule has 1 aromatic rings. The molecule has 0 N–H and O–H groups in total. The average molecular weight is 303 g/mol. The number of methoxy groups -OCH3 is 1. The van der Waals surface area contributed by atoms with Crippen LogP contribution in [0.4, 0.5) is 4.39 Å². The number of nitrogens with zero attached hydrogens (tertiary/aromatic N) is 1. The van der Waals surface area contributed by atoms with Gasteiger partial charge in [0.05, 0.1) is 12.7 Å². The van der Waals surface area contributed by atoms with Gasteiger partial charge in [0.1, 0.15) is 5.82 Å². The van der Waals surface area contributed by atoms with Crippen molar-refractivity contribution in [1.29, 1.82) is 0 Å². The highest BCUT2D eigenvalue weighted by Gasteiger charge is 2.26. The van der Waals surface area contributed by atoms with Gasteiger partial charge < -0.3 is 4.74 Å². The molecule has 118 valence electrons. The molecule has 2 aliphatic rings. The number of halogens is 1. The Morgan fingerprint density at radius 1 is 1.32 bits per heavy atom. The van der Waals surface area contributed by atoms with Crippen LogP contribution in [0, 0.1) is 5.82 Å². The molecule has 0 atom stereocenters. The predicted molar refractivity (Wildman–Crippen MR) is 84.2 cm³/mol. The third-order valence-electron chi connectivity index (χ3n) is 4.81. The summed E-state index contributed by atoms with van der Waals surface area (Å²) in [7, 11) is 1.30. The Bertz CT molecular complexity index is 583. The second-order valence-corrected chi connectivity index (χ2v) is 6.15. The van der Waals surface area contributed by atoms with Gasteiger partial charge in [-0.25, -0.2) is 9.18 Å². The van der Waals surface area contributed by atoms with Crippen molar-refractivity contribution in [3.63, 3.8) is 0 Å². The number of carbonyl (C=O) groups is 1. The van der Waals surface area contributed by atoms with E-state index in [4.69, 9.17) is 0 Å². The minimum atomic E-state index is -0.507. The zero-order valence-corrected chi connectivity index (χ0v) is 13.0. The van der Waals surface area contributed by atoms with E-state index in [-0.39, 0.29) is 11.4 Å². The first kappa shape index (κ1) is 15.2. The van der Waals surface area contributed by atoms with Gasteiger partial charge in [-0.1, -0.05) is 24.1 Å². The lowest BCUT2D eigenvalue weighted by Crippen LogP contribution is -2.43. The van der Waals surface area contributed by atoms with Crippen LogP contribution in [0.5, 0.6) is 0 Å². The summed E-state index contributed by atoms with van der Waals surface area (Å²) in [5.41, 5.74) is 2.10. The fourth-order valence-corrected chi connectivity index (χ4v) is 3.18. The Labute approximate surface area is 130 Å². The van der Waals surface area contributed by atoms with Gasteiger partial charge in [0.2, 0.25) is 0 Å². The number of hydrogen-bond acceptors (Lipinski definition) is 3. The monoisotopic (exact) mass is 303 g/mol. The van der Waals surface area contributed by atoms with Crippen LogP contribution in [0.2, 0.25) is 0 Å². The van der Waals surface area contributed by atoms with Crippen LogP contribution >= 0.6 is 0 Å². The van der Waals surface area contributed by atoms with E-state index in [0.29, 0.717) is 5.56 Å². The predicted octanol–water partition coefficient (Wildman–Crippen LogP) is 3.64. The van der Waals surface area contributed by atoms with Crippen LogP contribution in [0.15, 0.2) is 23.8 Å². The molecule has 0 spiro atoms. The number of hydrogen-bond donors (Lipinski definition) is 0. The summed E-state index contributed by atoms with van der Waals surface area (Å²) in [6, 6.07) is 5.32. The molecular formula is C18H22FNO2. The highest BCUT2D eigenvalue weighted by atomic mass is 19.1. The lowest BCUT2D eigenvalue weighted by molar-refractivity contribution is 0.0600. The largest absolute Gasteiger partial charge is 0.465 e. The molecule has 1 aliphatic carbocycles. The van der Waals surface area contributed by atoms with Gasteiger partial charge in [0, 0.05) is 24.7 Å². The molecule has 0 aromatic heterocycles. The minimum Gasteiger partial charge on any atom is -0.465 e. The molecule has 1 saturated heterocycles. The summed E-state index contributed by atoms with van der Waals surface area (Å²) < 4.78 is 18.7. The number of likely N-dealkylation sites (tertiary alicyclic amines) is 1. The first-order valence-corrected chi connectivity index (χ1v) is 7.99. The van der Waals surface area contributed by atoms with E-state index < -0.39 is 5.97 Å². The summed E-state index contributed by atoms with van der Waals surface area (Å²) in [6.07, 6.45) is 7.99. The molecule has 0 unspecified atom stereocenters. The topological polar surface area (TPSA) is 29.5 Å². The fraction of sp³-hybridized carbons (Fsp3) is 0.500. The summed E-state index contributed by atoms with van der Waals surface area (Å²) in [5, 5.41) is 0. The van der Waals surface area contributed by atoms with Crippen LogP contribution in [0.3, 0.4) is 0 Å². The van der Waals surface area contributed by atoms with Crippen LogP contribution in [0.1, 0.15) is 48.0 Å². The molecular weight excluding hydrogens is 281 g/mol. The molecule has 0 bridgehead atoms. The van der Waals surface area contributed by atoms with E-state index in [9.17, 15) is 9.18 Å². The van der Waals surface area contributed by atoms with Crippen molar-refractivity contribution in [2.24, 2.45) is 0 Å². The lowest BCUT2D eigenvalue weighted by atomic mass is 9.89. The summed E-state index contributed by atoms with van der Waals surface area (Å²) >= 11 is 0. The van der Waals surface area contributed by atoms with Gasteiger partial charge in [-0.3, -0.25) is 4.90 Å². The van der Waals surface area contributed by atoms with E-state index >= 15 is 0 Å². The third kappa shape index (κ3) is 3.22. The molecule has 1 aromatic carbocycles. The normalized spacial score (nSPS) is 19.6. The molecule has 2 fully saturated rings. The van der Waals surface area contributed by atoms with Gasteiger partial charge in [-0.2, -0.15) is 0 Å². The maximum atomic E-state index is 14.1. The maximum absolute atomic E-state index is 14.1. The number of esters is 1. The Hall–Kier alpha value is -1.68.